The third-order valence-electron chi connectivity index (χ3n) is 6.78. The Labute approximate surface area is 248 Å². The second kappa shape index (κ2) is 12.9. The van der Waals surface area contributed by atoms with Gasteiger partial charge >= 0.3 is 0 Å². The van der Waals surface area contributed by atoms with Crippen molar-refractivity contribution >= 4 is 27.5 Å². The van der Waals surface area contributed by atoms with E-state index in [1.54, 1.807) is 36.4 Å². The van der Waals surface area contributed by atoms with Crippen LogP contribution < -0.4 is 19.1 Å². The SMILES string of the molecule is CCC(C(=O)NC(C)(C)C)N(Cc1ccc(C)cc1)C(=O)CN(c1ccc2c(c1)OCCO2)S(=O)(=O)c1ccccc1. The van der Waals surface area contributed by atoms with E-state index in [-0.39, 0.29) is 23.0 Å². The molecule has 0 aromatic heterocycles. The molecule has 1 aliphatic rings. The van der Waals surface area contributed by atoms with E-state index in [2.05, 4.69) is 5.32 Å². The number of carbonyl (C=O) groups excluding carboxylic acids is 2. The van der Waals surface area contributed by atoms with Crippen molar-refractivity contribution in [1.82, 2.24) is 10.2 Å². The zero-order chi connectivity index (χ0) is 30.5. The summed E-state index contributed by atoms with van der Waals surface area (Å²) in [6.07, 6.45) is 0.342. The number of hydrogen-bond donors (Lipinski definition) is 1. The van der Waals surface area contributed by atoms with Crippen LogP contribution in [0.25, 0.3) is 0 Å². The van der Waals surface area contributed by atoms with Gasteiger partial charge in [0.1, 0.15) is 25.8 Å². The predicted molar refractivity (Wildman–Crippen MR) is 162 cm³/mol. The Morgan fingerprint density at radius 2 is 1.57 bits per heavy atom. The summed E-state index contributed by atoms with van der Waals surface area (Å²) in [4.78, 5) is 29.2. The van der Waals surface area contributed by atoms with Gasteiger partial charge in [0.05, 0.1) is 10.6 Å². The lowest BCUT2D eigenvalue weighted by Crippen LogP contribution is -2.55. The van der Waals surface area contributed by atoms with Gasteiger partial charge in [0.25, 0.3) is 10.0 Å². The number of anilines is 1. The molecule has 0 fully saturated rings. The fraction of sp³-hybridized carbons (Fsp3) is 0.375. The van der Waals surface area contributed by atoms with Gasteiger partial charge < -0.3 is 19.7 Å². The number of ether oxygens (including phenoxy) is 2. The van der Waals surface area contributed by atoms with Gasteiger partial charge in [-0.1, -0.05) is 55.0 Å². The first-order chi connectivity index (χ1) is 19.9. The topological polar surface area (TPSA) is 105 Å². The van der Waals surface area contributed by atoms with Crippen molar-refractivity contribution in [3.8, 4) is 11.5 Å². The maximum Gasteiger partial charge on any atom is 0.264 e. The molecule has 1 N–H and O–H groups in total. The number of carbonyl (C=O) groups is 2. The van der Waals surface area contributed by atoms with Crippen LogP contribution in [0.15, 0.2) is 77.7 Å². The highest BCUT2D eigenvalue weighted by Crippen LogP contribution is 2.36. The first-order valence-corrected chi connectivity index (χ1v) is 15.5. The standard InChI is InChI=1S/C32H39N3O6S/c1-6-27(31(37)33-32(3,4)5)34(21-24-14-12-23(2)13-15-24)30(36)22-35(42(38,39)26-10-8-7-9-11-26)25-16-17-28-29(20-25)41-19-18-40-28/h7-17,20,27H,6,18-19,21-22H2,1-5H3,(H,33,37). The third-order valence-corrected chi connectivity index (χ3v) is 8.57. The van der Waals surface area contributed by atoms with Crippen molar-refractivity contribution in [2.75, 3.05) is 24.1 Å². The van der Waals surface area contributed by atoms with Gasteiger partial charge in [0.2, 0.25) is 11.8 Å². The zero-order valence-electron chi connectivity index (χ0n) is 24.8. The molecule has 224 valence electrons. The number of nitrogens with one attached hydrogen (secondary N) is 1. The predicted octanol–water partition coefficient (Wildman–Crippen LogP) is 4.68. The molecule has 3 aromatic carbocycles. The molecule has 0 aliphatic carbocycles. The summed E-state index contributed by atoms with van der Waals surface area (Å²) in [5.74, 6) is 0.0781. The molecule has 0 radical (unpaired) electrons. The van der Waals surface area contributed by atoms with E-state index in [0.717, 1.165) is 15.4 Å². The molecule has 42 heavy (non-hydrogen) atoms. The average molecular weight is 594 g/mol. The first kappa shape index (κ1) is 30.9. The number of benzene rings is 3. The van der Waals surface area contributed by atoms with Gasteiger partial charge in [-0.05, 0) is 63.9 Å². The minimum Gasteiger partial charge on any atom is -0.486 e. The molecule has 9 nitrogen and oxygen atoms in total. The van der Waals surface area contributed by atoms with Crippen LogP contribution >= 0.6 is 0 Å². The van der Waals surface area contributed by atoms with E-state index in [1.807, 2.05) is 58.9 Å². The number of nitrogens with zero attached hydrogens (tertiary/aromatic N) is 2. The van der Waals surface area contributed by atoms with Gasteiger partial charge in [-0.3, -0.25) is 13.9 Å². The lowest BCUT2D eigenvalue weighted by Gasteiger charge is -2.35. The van der Waals surface area contributed by atoms with Crippen LogP contribution in [0.4, 0.5) is 5.69 Å². The third kappa shape index (κ3) is 7.42. The van der Waals surface area contributed by atoms with Crippen LogP contribution in [-0.4, -0.2) is 56.5 Å². The molecular weight excluding hydrogens is 554 g/mol. The molecule has 1 heterocycles. The van der Waals surface area contributed by atoms with Gasteiger partial charge in [0, 0.05) is 18.2 Å². The Kier molecular flexibility index (Phi) is 9.46. The van der Waals surface area contributed by atoms with E-state index < -0.39 is 34.1 Å². The summed E-state index contributed by atoms with van der Waals surface area (Å²) in [6, 6.07) is 19.6. The monoisotopic (exact) mass is 593 g/mol. The second-order valence-corrected chi connectivity index (χ2v) is 13.2. The molecule has 10 heteroatoms. The summed E-state index contributed by atoms with van der Waals surface area (Å²) in [5, 5.41) is 2.98. The van der Waals surface area contributed by atoms with Crippen LogP contribution in [0.2, 0.25) is 0 Å². The van der Waals surface area contributed by atoms with Crippen LogP contribution in [-0.2, 0) is 26.2 Å². The van der Waals surface area contributed by atoms with Gasteiger partial charge in [0.15, 0.2) is 11.5 Å². The Balaban J connectivity index is 1.76. The highest BCUT2D eigenvalue weighted by atomic mass is 32.2. The second-order valence-electron chi connectivity index (χ2n) is 11.3. The average Bonchev–Trinajstić information content (AvgIpc) is 2.96. The van der Waals surface area contributed by atoms with Crippen LogP contribution in [0, 0.1) is 6.92 Å². The molecule has 0 bridgehead atoms. The molecule has 1 atom stereocenters. The molecule has 3 aromatic rings. The molecule has 0 saturated carbocycles. The highest BCUT2D eigenvalue weighted by molar-refractivity contribution is 7.92. The van der Waals surface area contributed by atoms with E-state index in [0.29, 0.717) is 31.1 Å². The summed E-state index contributed by atoms with van der Waals surface area (Å²) in [7, 11) is -4.18. The number of amides is 2. The van der Waals surface area contributed by atoms with E-state index in [1.165, 1.54) is 17.0 Å². The van der Waals surface area contributed by atoms with Crippen molar-refractivity contribution < 1.29 is 27.5 Å². The normalized spacial score (nSPS) is 13.6. The largest absolute Gasteiger partial charge is 0.486 e. The van der Waals surface area contributed by atoms with Crippen molar-refractivity contribution in [2.45, 2.75) is 64.1 Å². The minimum atomic E-state index is -4.18. The summed E-state index contributed by atoms with van der Waals surface area (Å²) < 4.78 is 40.4. The van der Waals surface area contributed by atoms with Crippen molar-refractivity contribution in [3.05, 3.63) is 83.9 Å². The van der Waals surface area contributed by atoms with Crippen LogP contribution in [0.5, 0.6) is 11.5 Å². The van der Waals surface area contributed by atoms with Gasteiger partial charge in [-0.15, -0.1) is 0 Å². The molecule has 2 amide bonds. The van der Waals surface area contributed by atoms with Crippen molar-refractivity contribution in [3.63, 3.8) is 0 Å². The van der Waals surface area contributed by atoms with Crippen LogP contribution in [0.3, 0.4) is 0 Å². The Morgan fingerprint density at radius 3 is 2.19 bits per heavy atom. The maximum atomic E-state index is 14.2. The quantitative estimate of drug-likeness (QED) is 0.366. The Morgan fingerprint density at radius 1 is 0.929 bits per heavy atom. The summed E-state index contributed by atoms with van der Waals surface area (Å²) >= 11 is 0. The van der Waals surface area contributed by atoms with E-state index in [4.69, 9.17) is 9.47 Å². The number of fused-ring (bicyclic) bond motifs is 1. The Bertz CT molecular complexity index is 1500. The van der Waals surface area contributed by atoms with Gasteiger partial charge in [-0.2, -0.15) is 0 Å². The number of sulfonamides is 1. The molecule has 4 rings (SSSR count). The fourth-order valence-corrected chi connectivity index (χ4v) is 6.13. The van der Waals surface area contributed by atoms with Crippen molar-refractivity contribution in [1.29, 1.82) is 0 Å². The summed E-state index contributed by atoms with van der Waals surface area (Å²) in [6.45, 7) is 9.75. The highest BCUT2D eigenvalue weighted by Gasteiger charge is 2.35. The van der Waals surface area contributed by atoms with E-state index >= 15 is 0 Å². The molecule has 1 aliphatic heterocycles. The Hall–Kier alpha value is -4.05. The zero-order valence-corrected chi connectivity index (χ0v) is 25.6. The van der Waals surface area contributed by atoms with E-state index in [9.17, 15) is 18.0 Å². The van der Waals surface area contributed by atoms with Gasteiger partial charge in [-0.25, -0.2) is 8.42 Å². The van der Waals surface area contributed by atoms with Crippen LogP contribution in [0.1, 0.15) is 45.2 Å². The molecular formula is C32H39N3O6S. The van der Waals surface area contributed by atoms with Crippen molar-refractivity contribution in [2.24, 2.45) is 0 Å². The minimum absolute atomic E-state index is 0.0373. The lowest BCUT2D eigenvalue weighted by atomic mass is 10.1. The number of hydrogen-bond acceptors (Lipinski definition) is 6. The fourth-order valence-electron chi connectivity index (χ4n) is 4.70. The molecule has 1 unspecified atom stereocenters. The molecule has 0 spiro atoms. The lowest BCUT2D eigenvalue weighted by molar-refractivity contribution is -0.141. The maximum absolute atomic E-state index is 14.2. The molecule has 0 saturated heterocycles. The number of aryl methyl sites for hydroxylation is 1. The smallest absolute Gasteiger partial charge is 0.264 e. The summed E-state index contributed by atoms with van der Waals surface area (Å²) in [5.41, 5.74) is 1.62. The first-order valence-electron chi connectivity index (χ1n) is 14.0. The number of rotatable bonds is 10.